The second-order valence-electron chi connectivity index (χ2n) is 3.98. The summed E-state index contributed by atoms with van der Waals surface area (Å²) in [6, 6.07) is 11.8. The Morgan fingerprint density at radius 2 is 1.85 bits per heavy atom. The van der Waals surface area contributed by atoms with Gasteiger partial charge in [0.15, 0.2) is 0 Å². The lowest BCUT2D eigenvalue weighted by molar-refractivity contribution is -0.385. The van der Waals surface area contributed by atoms with Gasteiger partial charge in [0.05, 0.1) is 17.1 Å². The van der Waals surface area contributed by atoms with Gasteiger partial charge in [-0.3, -0.25) is 10.1 Å². The Bertz CT molecular complexity index is 613. The van der Waals surface area contributed by atoms with E-state index in [9.17, 15) is 10.1 Å². The first-order valence-electron chi connectivity index (χ1n) is 5.84. The Labute approximate surface area is 120 Å². The number of ether oxygens (including phenoxy) is 1. The van der Waals surface area contributed by atoms with E-state index in [0.717, 1.165) is 4.90 Å². The lowest BCUT2D eigenvalue weighted by Gasteiger charge is -2.08. The SMILES string of the molecule is CSc1ccc(Oc2ccc([N+](=O)[O-])c(CO)c2)cc1. The standard InChI is InChI=1S/C14H13NO4S/c1-20-13-5-2-11(3-6-13)19-12-4-7-14(15(17)18)10(8-12)9-16/h2-8,16H,9H2,1H3. The van der Waals surface area contributed by atoms with Crippen LogP contribution >= 0.6 is 11.8 Å². The van der Waals surface area contributed by atoms with Crippen LogP contribution in [0.2, 0.25) is 0 Å². The van der Waals surface area contributed by atoms with E-state index in [1.807, 2.05) is 30.5 Å². The third-order valence-corrected chi connectivity index (χ3v) is 3.46. The van der Waals surface area contributed by atoms with E-state index in [4.69, 9.17) is 9.84 Å². The molecule has 0 amide bonds. The molecular weight excluding hydrogens is 278 g/mol. The third-order valence-electron chi connectivity index (χ3n) is 2.71. The molecule has 20 heavy (non-hydrogen) atoms. The van der Waals surface area contributed by atoms with Crippen LogP contribution in [0.4, 0.5) is 5.69 Å². The van der Waals surface area contributed by atoms with E-state index in [1.165, 1.54) is 18.2 Å². The minimum absolute atomic E-state index is 0.113. The summed E-state index contributed by atoms with van der Waals surface area (Å²) in [5.41, 5.74) is 0.116. The molecule has 0 radical (unpaired) electrons. The van der Waals surface area contributed by atoms with E-state index >= 15 is 0 Å². The van der Waals surface area contributed by atoms with E-state index in [1.54, 1.807) is 11.8 Å². The van der Waals surface area contributed by atoms with Crippen LogP contribution in [0.1, 0.15) is 5.56 Å². The Hall–Kier alpha value is -2.05. The second kappa shape index (κ2) is 6.40. The fraction of sp³-hybridized carbons (Fsp3) is 0.143. The maximum Gasteiger partial charge on any atom is 0.275 e. The molecular formula is C14H13NO4S. The maximum atomic E-state index is 10.8. The molecule has 0 saturated carbocycles. The number of nitrogens with zero attached hydrogens (tertiary/aromatic N) is 1. The van der Waals surface area contributed by atoms with Crippen LogP contribution in [-0.2, 0) is 6.61 Å². The number of nitro benzene ring substituents is 1. The van der Waals surface area contributed by atoms with Crippen molar-refractivity contribution >= 4 is 17.4 Å². The van der Waals surface area contributed by atoms with Gasteiger partial charge in [0, 0.05) is 11.0 Å². The molecule has 0 spiro atoms. The molecule has 2 rings (SSSR count). The number of hydrogen-bond donors (Lipinski definition) is 1. The number of thioether (sulfide) groups is 1. The first-order chi connectivity index (χ1) is 9.63. The summed E-state index contributed by atoms with van der Waals surface area (Å²) in [4.78, 5) is 11.4. The van der Waals surface area contributed by atoms with Gasteiger partial charge >= 0.3 is 0 Å². The molecule has 104 valence electrons. The van der Waals surface area contributed by atoms with Crippen LogP contribution in [0.5, 0.6) is 11.5 Å². The van der Waals surface area contributed by atoms with Gasteiger partial charge < -0.3 is 9.84 Å². The van der Waals surface area contributed by atoms with Gasteiger partial charge in [0.1, 0.15) is 11.5 Å². The zero-order valence-electron chi connectivity index (χ0n) is 10.8. The lowest BCUT2D eigenvalue weighted by atomic mass is 10.2. The Morgan fingerprint density at radius 3 is 2.40 bits per heavy atom. The molecule has 0 aliphatic carbocycles. The highest BCUT2D eigenvalue weighted by Gasteiger charge is 2.13. The second-order valence-corrected chi connectivity index (χ2v) is 4.86. The topological polar surface area (TPSA) is 72.6 Å². The summed E-state index contributed by atoms with van der Waals surface area (Å²) >= 11 is 1.63. The molecule has 5 nitrogen and oxygen atoms in total. The van der Waals surface area contributed by atoms with E-state index < -0.39 is 11.5 Å². The van der Waals surface area contributed by atoms with Gasteiger partial charge in [-0.05, 0) is 42.7 Å². The smallest absolute Gasteiger partial charge is 0.275 e. The molecule has 0 unspecified atom stereocenters. The largest absolute Gasteiger partial charge is 0.457 e. The van der Waals surface area contributed by atoms with Gasteiger partial charge in [-0.2, -0.15) is 0 Å². The third kappa shape index (κ3) is 3.28. The van der Waals surface area contributed by atoms with Crippen molar-refractivity contribution in [1.82, 2.24) is 0 Å². The molecule has 0 heterocycles. The van der Waals surface area contributed by atoms with Crippen molar-refractivity contribution in [2.24, 2.45) is 0 Å². The fourth-order valence-electron chi connectivity index (χ4n) is 1.71. The minimum Gasteiger partial charge on any atom is -0.457 e. The predicted molar refractivity (Wildman–Crippen MR) is 77.3 cm³/mol. The summed E-state index contributed by atoms with van der Waals surface area (Å²) in [5.74, 6) is 1.09. The van der Waals surface area contributed by atoms with Crippen LogP contribution in [0.15, 0.2) is 47.4 Å². The summed E-state index contributed by atoms with van der Waals surface area (Å²) < 4.78 is 5.61. The number of rotatable bonds is 5. The predicted octanol–water partition coefficient (Wildman–Crippen LogP) is 3.60. The first kappa shape index (κ1) is 14.4. The quantitative estimate of drug-likeness (QED) is 0.517. The van der Waals surface area contributed by atoms with E-state index in [0.29, 0.717) is 11.5 Å². The summed E-state index contributed by atoms with van der Waals surface area (Å²) in [5, 5.41) is 19.9. The van der Waals surface area contributed by atoms with E-state index in [2.05, 4.69) is 0 Å². The van der Waals surface area contributed by atoms with Crippen molar-refractivity contribution in [3.05, 3.63) is 58.1 Å². The molecule has 2 aromatic rings. The summed E-state index contributed by atoms with van der Waals surface area (Å²) in [7, 11) is 0. The number of benzene rings is 2. The molecule has 0 fully saturated rings. The molecule has 6 heteroatoms. The van der Waals surface area contributed by atoms with Crippen LogP contribution in [0, 0.1) is 10.1 Å². The molecule has 0 aromatic heterocycles. The first-order valence-corrected chi connectivity index (χ1v) is 7.06. The van der Waals surface area contributed by atoms with Crippen LogP contribution in [-0.4, -0.2) is 16.3 Å². The molecule has 0 aliphatic rings. The zero-order valence-corrected chi connectivity index (χ0v) is 11.6. The van der Waals surface area contributed by atoms with Gasteiger partial charge in [-0.25, -0.2) is 0 Å². The van der Waals surface area contributed by atoms with Crippen molar-refractivity contribution in [1.29, 1.82) is 0 Å². The minimum atomic E-state index is -0.525. The number of aliphatic hydroxyl groups excluding tert-OH is 1. The van der Waals surface area contributed by atoms with Crippen molar-refractivity contribution in [3.8, 4) is 11.5 Å². The van der Waals surface area contributed by atoms with Gasteiger partial charge in [0.2, 0.25) is 0 Å². The monoisotopic (exact) mass is 291 g/mol. The van der Waals surface area contributed by atoms with Crippen molar-refractivity contribution in [2.45, 2.75) is 11.5 Å². The fourth-order valence-corrected chi connectivity index (χ4v) is 2.12. The molecule has 0 bridgehead atoms. The highest BCUT2D eigenvalue weighted by molar-refractivity contribution is 7.98. The normalized spacial score (nSPS) is 10.3. The average molecular weight is 291 g/mol. The van der Waals surface area contributed by atoms with Gasteiger partial charge in [-0.15, -0.1) is 11.8 Å². The van der Waals surface area contributed by atoms with Crippen molar-refractivity contribution in [2.75, 3.05) is 6.26 Å². The van der Waals surface area contributed by atoms with Crippen molar-refractivity contribution in [3.63, 3.8) is 0 Å². The molecule has 0 saturated heterocycles. The molecule has 1 N–H and O–H groups in total. The highest BCUT2D eigenvalue weighted by Crippen LogP contribution is 2.28. The molecule has 0 aliphatic heterocycles. The van der Waals surface area contributed by atoms with E-state index in [-0.39, 0.29) is 11.3 Å². The molecule has 2 aromatic carbocycles. The Kier molecular flexibility index (Phi) is 4.60. The van der Waals surface area contributed by atoms with Crippen LogP contribution < -0.4 is 4.74 Å². The highest BCUT2D eigenvalue weighted by atomic mass is 32.2. The van der Waals surface area contributed by atoms with Gasteiger partial charge in [-0.1, -0.05) is 0 Å². The Morgan fingerprint density at radius 1 is 1.20 bits per heavy atom. The summed E-state index contributed by atoms with van der Waals surface area (Å²) in [6.07, 6.45) is 1.99. The maximum absolute atomic E-state index is 10.8. The average Bonchev–Trinajstić information content (AvgIpc) is 2.47. The van der Waals surface area contributed by atoms with Crippen molar-refractivity contribution < 1.29 is 14.8 Å². The zero-order chi connectivity index (χ0) is 14.5. The van der Waals surface area contributed by atoms with Crippen LogP contribution in [0.25, 0.3) is 0 Å². The van der Waals surface area contributed by atoms with Gasteiger partial charge in [0.25, 0.3) is 5.69 Å². The number of nitro groups is 1. The van der Waals surface area contributed by atoms with Crippen LogP contribution in [0.3, 0.4) is 0 Å². The number of hydrogen-bond acceptors (Lipinski definition) is 5. The lowest BCUT2D eigenvalue weighted by Crippen LogP contribution is -1.96. The Balaban J connectivity index is 2.22. The molecule has 0 atom stereocenters. The summed E-state index contributed by atoms with van der Waals surface area (Å²) in [6.45, 7) is -0.404. The number of aliphatic hydroxyl groups is 1.